The van der Waals surface area contributed by atoms with Gasteiger partial charge in [0, 0.05) is 13.2 Å². The maximum Gasteiger partial charge on any atom is 0.0774 e. The monoisotopic (exact) mass is 227 g/mol. The summed E-state index contributed by atoms with van der Waals surface area (Å²) in [6, 6.07) is 0. The van der Waals surface area contributed by atoms with Gasteiger partial charge in [-0.15, -0.1) is 0 Å². The lowest BCUT2D eigenvalue weighted by molar-refractivity contribution is -0.0332. The zero-order valence-electron chi connectivity index (χ0n) is 10.5. The molecule has 3 nitrogen and oxygen atoms in total. The molecular weight excluding hydrogens is 202 g/mol. The predicted molar refractivity (Wildman–Crippen MR) is 64.5 cm³/mol. The van der Waals surface area contributed by atoms with Gasteiger partial charge < -0.3 is 14.7 Å². The van der Waals surface area contributed by atoms with E-state index in [1.807, 2.05) is 0 Å². The summed E-state index contributed by atoms with van der Waals surface area (Å²) < 4.78 is 5.60. The highest BCUT2D eigenvalue weighted by molar-refractivity contribution is 4.86. The molecule has 0 aromatic heterocycles. The third kappa shape index (κ3) is 3.44. The summed E-state index contributed by atoms with van der Waals surface area (Å²) in [5, 5.41) is 10.4. The molecule has 2 unspecified atom stereocenters. The van der Waals surface area contributed by atoms with E-state index >= 15 is 0 Å². The normalized spacial score (nSPS) is 36.8. The molecule has 0 amide bonds. The second-order valence-electron chi connectivity index (χ2n) is 5.59. The van der Waals surface area contributed by atoms with Crippen LogP contribution < -0.4 is 0 Å². The van der Waals surface area contributed by atoms with Crippen LogP contribution in [0.15, 0.2) is 0 Å². The second kappa shape index (κ2) is 5.48. The second-order valence-corrected chi connectivity index (χ2v) is 5.59. The Labute approximate surface area is 98.8 Å². The van der Waals surface area contributed by atoms with Crippen molar-refractivity contribution < 1.29 is 9.84 Å². The fraction of sp³-hybridized carbons (Fsp3) is 1.00. The molecular formula is C13H25NO2. The zero-order chi connectivity index (χ0) is 11.4. The van der Waals surface area contributed by atoms with Crippen molar-refractivity contribution in [3.8, 4) is 0 Å². The lowest BCUT2D eigenvalue weighted by Gasteiger charge is -2.37. The van der Waals surface area contributed by atoms with Crippen LogP contribution in [0.4, 0.5) is 0 Å². The molecule has 0 aliphatic carbocycles. The zero-order valence-corrected chi connectivity index (χ0v) is 10.5. The summed E-state index contributed by atoms with van der Waals surface area (Å²) in [6.45, 7) is 2.92. The average Bonchev–Trinajstić information content (AvgIpc) is 2.69. The van der Waals surface area contributed by atoms with Crippen molar-refractivity contribution in [2.24, 2.45) is 0 Å². The van der Waals surface area contributed by atoms with Gasteiger partial charge in [0.05, 0.1) is 11.7 Å². The SMILES string of the molecule is CN1CCCC(O)(CCCC2CCCO2)C1. The Morgan fingerprint density at radius 1 is 1.44 bits per heavy atom. The van der Waals surface area contributed by atoms with Crippen molar-refractivity contribution in [1.29, 1.82) is 0 Å². The number of β-amino-alcohol motifs (C(OH)–C–C–N with tert-alkyl or cyclic N) is 1. The van der Waals surface area contributed by atoms with Crippen LogP contribution in [0.25, 0.3) is 0 Å². The Kier molecular flexibility index (Phi) is 4.22. The van der Waals surface area contributed by atoms with Gasteiger partial charge in [0.1, 0.15) is 0 Å². The van der Waals surface area contributed by atoms with Crippen molar-refractivity contribution in [3.63, 3.8) is 0 Å². The first kappa shape index (κ1) is 12.3. The number of aliphatic hydroxyl groups is 1. The van der Waals surface area contributed by atoms with E-state index in [2.05, 4.69) is 11.9 Å². The highest BCUT2D eigenvalue weighted by atomic mass is 16.5. The van der Waals surface area contributed by atoms with E-state index < -0.39 is 5.60 Å². The topological polar surface area (TPSA) is 32.7 Å². The van der Waals surface area contributed by atoms with Gasteiger partial charge in [-0.3, -0.25) is 0 Å². The first-order valence-electron chi connectivity index (χ1n) is 6.70. The van der Waals surface area contributed by atoms with Crippen molar-refractivity contribution in [3.05, 3.63) is 0 Å². The third-order valence-electron chi connectivity index (χ3n) is 3.94. The quantitative estimate of drug-likeness (QED) is 0.795. The average molecular weight is 227 g/mol. The smallest absolute Gasteiger partial charge is 0.0774 e. The molecule has 3 heteroatoms. The van der Waals surface area contributed by atoms with Gasteiger partial charge in [0.25, 0.3) is 0 Å². The number of nitrogens with zero attached hydrogens (tertiary/aromatic N) is 1. The molecule has 2 aliphatic heterocycles. The summed E-state index contributed by atoms with van der Waals surface area (Å²) in [4.78, 5) is 2.25. The van der Waals surface area contributed by atoms with Gasteiger partial charge in [-0.25, -0.2) is 0 Å². The van der Waals surface area contributed by atoms with E-state index in [9.17, 15) is 5.11 Å². The van der Waals surface area contributed by atoms with E-state index in [0.717, 1.165) is 51.8 Å². The summed E-state index contributed by atoms with van der Waals surface area (Å²) >= 11 is 0. The van der Waals surface area contributed by atoms with Crippen LogP contribution >= 0.6 is 0 Å². The maximum absolute atomic E-state index is 10.4. The van der Waals surface area contributed by atoms with Gasteiger partial charge in [0.2, 0.25) is 0 Å². The van der Waals surface area contributed by atoms with Crippen molar-refractivity contribution in [2.75, 3.05) is 26.7 Å². The largest absolute Gasteiger partial charge is 0.389 e. The number of likely N-dealkylation sites (tertiary alicyclic amines) is 1. The number of likely N-dealkylation sites (N-methyl/N-ethyl adjacent to an activating group) is 1. The molecule has 0 aromatic rings. The molecule has 2 atom stereocenters. The minimum Gasteiger partial charge on any atom is -0.389 e. The van der Waals surface area contributed by atoms with Crippen LogP contribution in [0.2, 0.25) is 0 Å². The van der Waals surface area contributed by atoms with Crippen LogP contribution in [-0.2, 0) is 4.74 Å². The molecule has 94 valence electrons. The van der Waals surface area contributed by atoms with Gasteiger partial charge >= 0.3 is 0 Å². The molecule has 2 aliphatic rings. The van der Waals surface area contributed by atoms with Crippen molar-refractivity contribution >= 4 is 0 Å². The molecule has 2 fully saturated rings. The Hall–Kier alpha value is -0.120. The summed E-state index contributed by atoms with van der Waals surface area (Å²) in [6.07, 6.45) is 8.20. The number of rotatable bonds is 4. The number of piperidine rings is 1. The highest BCUT2D eigenvalue weighted by Crippen LogP contribution is 2.27. The Bertz CT molecular complexity index is 216. The molecule has 0 saturated carbocycles. The third-order valence-corrected chi connectivity index (χ3v) is 3.94. The maximum atomic E-state index is 10.4. The lowest BCUT2D eigenvalue weighted by atomic mass is 9.87. The van der Waals surface area contributed by atoms with Crippen LogP contribution in [0.5, 0.6) is 0 Å². The first-order chi connectivity index (χ1) is 7.68. The van der Waals surface area contributed by atoms with Crippen molar-refractivity contribution in [2.45, 2.75) is 56.7 Å². The standard InChI is InChI=1S/C13H25NO2/c1-14-9-4-8-13(15,11-14)7-2-5-12-6-3-10-16-12/h12,15H,2-11H2,1H3. The Balaban J connectivity index is 1.67. The van der Waals surface area contributed by atoms with E-state index in [1.165, 1.54) is 12.8 Å². The van der Waals surface area contributed by atoms with Gasteiger partial charge in [-0.2, -0.15) is 0 Å². The van der Waals surface area contributed by atoms with Crippen LogP contribution in [-0.4, -0.2) is 48.5 Å². The van der Waals surface area contributed by atoms with Crippen LogP contribution in [0.3, 0.4) is 0 Å². The van der Waals surface area contributed by atoms with E-state index in [1.54, 1.807) is 0 Å². The van der Waals surface area contributed by atoms with E-state index in [-0.39, 0.29) is 0 Å². The fourth-order valence-corrected chi connectivity index (χ4v) is 3.07. The van der Waals surface area contributed by atoms with Crippen LogP contribution in [0, 0.1) is 0 Å². The number of hydrogen-bond acceptors (Lipinski definition) is 3. The summed E-state index contributed by atoms with van der Waals surface area (Å²) in [7, 11) is 2.10. The summed E-state index contributed by atoms with van der Waals surface area (Å²) in [5.41, 5.74) is -0.425. The minimum atomic E-state index is -0.425. The molecule has 2 saturated heterocycles. The molecule has 0 bridgehead atoms. The molecule has 0 aromatic carbocycles. The first-order valence-corrected chi connectivity index (χ1v) is 6.70. The molecule has 16 heavy (non-hydrogen) atoms. The van der Waals surface area contributed by atoms with Gasteiger partial charge in [-0.1, -0.05) is 0 Å². The van der Waals surface area contributed by atoms with E-state index in [4.69, 9.17) is 4.74 Å². The molecule has 0 radical (unpaired) electrons. The number of ether oxygens (including phenoxy) is 1. The van der Waals surface area contributed by atoms with Gasteiger partial charge in [-0.05, 0) is 58.5 Å². The van der Waals surface area contributed by atoms with Crippen molar-refractivity contribution in [1.82, 2.24) is 4.90 Å². The Morgan fingerprint density at radius 2 is 2.31 bits per heavy atom. The Morgan fingerprint density at radius 3 is 3.00 bits per heavy atom. The molecule has 1 N–H and O–H groups in total. The highest BCUT2D eigenvalue weighted by Gasteiger charge is 2.31. The van der Waals surface area contributed by atoms with Gasteiger partial charge in [0.15, 0.2) is 0 Å². The number of hydrogen-bond donors (Lipinski definition) is 1. The van der Waals surface area contributed by atoms with Crippen LogP contribution in [0.1, 0.15) is 44.9 Å². The predicted octanol–water partition coefficient (Wildman–Crippen LogP) is 1.79. The summed E-state index contributed by atoms with van der Waals surface area (Å²) in [5.74, 6) is 0. The molecule has 0 spiro atoms. The van der Waals surface area contributed by atoms with E-state index in [0.29, 0.717) is 6.10 Å². The fourth-order valence-electron chi connectivity index (χ4n) is 3.07. The lowest BCUT2D eigenvalue weighted by Crippen LogP contribution is -2.46. The minimum absolute atomic E-state index is 0.425. The molecule has 2 heterocycles. The molecule has 2 rings (SSSR count).